The van der Waals surface area contributed by atoms with Gasteiger partial charge in [0.1, 0.15) is 0 Å². The standard InChI is InChI=1S/C13H15NO3/c15-12-7-3-4-8-14(12)11-6-2-1-5-10(11)9-13(16)17/h1-2,5-6H,3-4,7-9H2,(H,16,17). The van der Waals surface area contributed by atoms with Crippen LogP contribution < -0.4 is 4.90 Å². The first-order chi connectivity index (χ1) is 8.18. The summed E-state index contributed by atoms with van der Waals surface area (Å²) < 4.78 is 0. The summed E-state index contributed by atoms with van der Waals surface area (Å²) in [5, 5.41) is 8.85. The molecule has 0 saturated carbocycles. The number of aliphatic carboxylic acids is 1. The highest BCUT2D eigenvalue weighted by atomic mass is 16.4. The van der Waals surface area contributed by atoms with Gasteiger partial charge in [0.25, 0.3) is 0 Å². The Hall–Kier alpha value is -1.84. The van der Waals surface area contributed by atoms with Gasteiger partial charge in [0.05, 0.1) is 6.42 Å². The van der Waals surface area contributed by atoms with Gasteiger partial charge >= 0.3 is 5.97 Å². The van der Waals surface area contributed by atoms with Gasteiger partial charge in [0, 0.05) is 18.7 Å². The van der Waals surface area contributed by atoms with Crippen LogP contribution in [0.4, 0.5) is 5.69 Å². The highest BCUT2D eigenvalue weighted by molar-refractivity contribution is 5.95. The molecule has 1 amide bonds. The molecule has 0 unspecified atom stereocenters. The lowest BCUT2D eigenvalue weighted by atomic mass is 10.0. The summed E-state index contributed by atoms with van der Waals surface area (Å²) in [5.74, 6) is -0.781. The van der Waals surface area contributed by atoms with Crippen LogP contribution in [0.2, 0.25) is 0 Å². The van der Waals surface area contributed by atoms with Crippen molar-refractivity contribution in [2.45, 2.75) is 25.7 Å². The SMILES string of the molecule is O=C(O)Cc1ccccc1N1CCCCC1=O. The molecule has 1 aromatic rings. The molecular weight excluding hydrogens is 218 g/mol. The Morgan fingerprint density at radius 3 is 2.76 bits per heavy atom. The number of hydrogen-bond acceptors (Lipinski definition) is 2. The number of anilines is 1. The Bertz CT molecular complexity index is 442. The number of para-hydroxylation sites is 1. The fourth-order valence-electron chi connectivity index (χ4n) is 2.15. The summed E-state index contributed by atoms with van der Waals surface area (Å²) >= 11 is 0. The molecule has 1 aliphatic heterocycles. The van der Waals surface area contributed by atoms with Crippen LogP contribution in [-0.2, 0) is 16.0 Å². The molecule has 1 saturated heterocycles. The maximum absolute atomic E-state index is 11.8. The van der Waals surface area contributed by atoms with Gasteiger partial charge in [-0.15, -0.1) is 0 Å². The Labute approximate surface area is 99.9 Å². The largest absolute Gasteiger partial charge is 0.481 e. The molecule has 4 nitrogen and oxygen atoms in total. The van der Waals surface area contributed by atoms with Crippen molar-refractivity contribution in [2.75, 3.05) is 11.4 Å². The van der Waals surface area contributed by atoms with Crippen molar-refractivity contribution in [2.24, 2.45) is 0 Å². The molecule has 1 N–H and O–H groups in total. The molecule has 0 radical (unpaired) electrons. The van der Waals surface area contributed by atoms with E-state index >= 15 is 0 Å². The summed E-state index contributed by atoms with van der Waals surface area (Å²) in [6.07, 6.45) is 2.42. The number of carboxylic acid groups (broad SMARTS) is 1. The van der Waals surface area contributed by atoms with E-state index in [1.807, 2.05) is 12.1 Å². The van der Waals surface area contributed by atoms with Crippen LogP contribution in [-0.4, -0.2) is 23.5 Å². The maximum atomic E-state index is 11.8. The van der Waals surface area contributed by atoms with Gasteiger partial charge in [0.15, 0.2) is 0 Å². The molecule has 17 heavy (non-hydrogen) atoms. The number of rotatable bonds is 3. The maximum Gasteiger partial charge on any atom is 0.307 e. The van der Waals surface area contributed by atoms with Crippen molar-refractivity contribution < 1.29 is 14.7 Å². The number of carbonyl (C=O) groups is 2. The summed E-state index contributed by atoms with van der Waals surface area (Å²) in [7, 11) is 0. The minimum atomic E-state index is -0.873. The first kappa shape index (κ1) is 11.6. The van der Waals surface area contributed by atoms with Crippen LogP contribution in [0.3, 0.4) is 0 Å². The number of hydrogen-bond donors (Lipinski definition) is 1. The van der Waals surface area contributed by atoms with Gasteiger partial charge in [-0.25, -0.2) is 0 Å². The molecule has 0 aromatic heterocycles. The first-order valence-electron chi connectivity index (χ1n) is 5.78. The third kappa shape index (κ3) is 2.64. The van der Waals surface area contributed by atoms with Crippen LogP contribution in [0.5, 0.6) is 0 Å². The Morgan fingerprint density at radius 2 is 2.06 bits per heavy atom. The highest BCUT2D eigenvalue weighted by Crippen LogP contribution is 2.25. The highest BCUT2D eigenvalue weighted by Gasteiger charge is 2.22. The molecular formula is C13H15NO3. The molecule has 0 aliphatic carbocycles. The van der Waals surface area contributed by atoms with Gasteiger partial charge < -0.3 is 10.0 Å². The monoisotopic (exact) mass is 233 g/mol. The van der Waals surface area contributed by atoms with E-state index in [2.05, 4.69) is 0 Å². The van der Waals surface area contributed by atoms with Crippen LogP contribution in [0, 0.1) is 0 Å². The van der Waals surface area contributed by atoms with Crippen molar-refractivity contribution in [3.63, 3.8) is 0 Å². The molecule has 0 spiro atoms. The number of carboxylic acids is 1. The first-order valence-corrected chi connectivity index (χ1v) is 5.78. The van der Waals surface area contributed by atoms with E-state index in [1.165, 1.54) is 0 Å². The van der Waals surface area contributed by atoms with Crippen LogP contribution in [0.1, 0.15) is 24.8 Å². The third-order valence-corrected chi connectivity index (χ3v) is 2.95. The fourth-order valence-corrected chi connectivity index (χ4v) is 2.15. The molecule has 2 rings (SSSR count). The van der Waals surface area contributed by atoms with Crippen LogP contribution in [0.15, 0.2) is 24.3 Å². The zero-order valence-electron chi connectivity index (χ0n) is 9.56. The second-order valence-electron chi connectivity index (χ2n) is 4.20. The van der Waals surface area contributed by atoms with Gasteiger partial charge in [-0.1, -0.05) is 18.2 Å². The third-order valence-electron chi connectivity index (χ3n) is 2.95. The van der Waals surface area contributed by atoms with Crippen molar-refractivity contribution >= 4 is 17.6 Å². The lowest BCUT2D eigenvalue weighted by Crippen LogP contribution is -2.36. The predicted octanol–water partition coefficient (Wildman–Crippen LogP) is 1.83. The molecule has 90 valence electrons. The number of carbonyl (C=O) groups excluding carboxylic acids is 1. The van der Waals surface area contributed by atoms with E-state index in [9.17, 15) is 9.59 Å². The summed E-state index contributed by atoms with van der Waals surface area (Å²) in [4.78, 5) is 24.3. The Balaban J connectivity index is 2.30. The fraction of sp³-hybridized carbons (Fsp3) is 0.385. The summed E-state index contributed by atoms with van der Waals surface area (Å²) in [6, 6.07) is 7.23. The van der Waals surface area contributed by atoms with E-state index < -0.39 is 5.97 Å². The topological polar surface area (TPSA) is 57.6 Å². The number of amides is 1. The number of piperidine rings is 1. The number of nitrogens with zero attached hydrogens (tertiary/aromatic N) is 1. The van der Waals surface area contributed by atoms with Crippen molar-refractivity contribution in [1.29, 1.82) is 0 Å². The normalized spacial score (nSPS) is 16.0. The minimum Gasteiger partial charge on any atom is -0.481 e. The quantitative estimate of drug-likeness (QED) is 0.866. The molecule has 1 aliphatic rings. The summed E-state index contributed by atoms with van der Waals surface area (Å²) in [6.45, 7) is 0.690. The van der Waals surface area contributed by atoms with Gasteiger partial charge in [0.2, 0.25) is 5.91 Å². The van der Waals surface area contributed by atoms with E-state index in [0.29, 0.717) is 18.5 Å². The van der Waals surface area contributed by atoms with E-state index in [-0.39, 0.29) is 12.3 Å². The molecule has 4 heteroatoms. The Kier molecular flexibility index (Phi) is 3.42. The molecule has 1 fully saturated rings. The van der Waals surface area contributed by atoms with Crippen LogP contribution >= 0.6 is 0 Å². The van der Waals surface area contributed by atoms with Crippen LogP contribution in [0.25, 0.3) is 0 Å². The second kappa shape index (κ2) is 4.99. The van der Waals surface area contributed by atoms with Crippen molar-refractivity contribution in [1.82, 2.24) is 0 Å². The zero-order valence-corrected chi connectivity index (χ0v) is 9.56. The second-order valence-corrected chi connectivity index (χ2v) is 4.20. The van der Waals surface area contributed by atoms with Gasteiger partial charge in [-0.05, 0) is 24.5 Å². The van der Waals surface area contributed by atoms with Crippen molar-refractivity contribution in [3.05, 3.63) is 29.8 Å². The lowest BCUT2D eigenvalue weighted by Gasteiger charge is -2.28. The molecule has 1 aromatic carbocycles. The lowest BCUT2D eigenvalue weighted by molar-refractivity contribution is -0.136. The molecule has 0 atom stereocenters. The smallest absolute Gasteiger partial charge is 0.307 e. The average Bonchev–Trinajstić information content (AvgIpc) is 2.30. The molecule has 0 bridgehead atoms. The van der Waals surface area contributed by atoms with E-state index in [1.54, 1.807) is 17.0 Å². The van der Waals surface area contributed by atoms with Gasteiger partial charge in [-0.2, -0.15) is 0 Å². The van der Waals surface area contributed by atoms with Gasteiger partial charge in [-0.3, -0.25) is 9.59 Å². The zero-order chi connectivity index (χ0) is 12.3. The summed E-state index contributed by atoms with van der Waals surface area (Å²) in [5.41, 5.74) is 1.45. The predicted molar refractivity (Wildman–Crippen MR) is 64.0 cm³/mol. The van der Waals surface area contributed by atoms with E-state index in [0.717, 1.165) is 18.5 Å². The average molecular weight is 233 g/mol. The number of benzene rings is 1. The minimum absolute atomic E-state index is 0.0417. The molecule has 1 heterocycles. The van der Waals surface area contributed by atoms with E-state index in [4.69, 9.17) is 5.11 Å². The van der Waals surface area contributed by atoms with Crippen molar-refractivity contribution in [3.8, 4) is 0 Å². The Morgan fingerprint density at radius 1 is 1.29 bits per heavy atom.